The number of anilines is 2. The van der Waals surface area contributed by atoms with E-state index in [1.807, 2.05) is 30.3 Å². The highest BCUT2D eigenvalue weighted by molar-refractivity contribution is 6.10. The standard InChI is InChI=1S/C20H17N3O3/c24-18-13-7-5-11-16(18)19(25)21-17-12-6-4-10-15(17)20(26)23-22-14-8-2-1-3-9-14/h1-13,22,24H,(H,21,25)(H,23,26). The number of nitrogens with one attached hydrogen (secondary N) is 3. The summed E-state index contributed by atoms with van der Waals surface area (Å²) in [5.74, 6) is -1.03. The van der Waals surface area contributed by atoms with Crippen molar-refractivity contribution in [2.45, 2.75) is 0 Å². The summed E-state index contributed by atoms with van der Waals surface area (Å²) in [5, 5.41) is 12.5. The molecule has 0 saturated carbocycles. The van der Waals surface area contributed by atoms with Crippen LogP contribution in [0.2, 0.25) is 0 Å². The zero-order valence-corrected chi connectivity index (χ0v) is 13.8. The summed E-state index contributed by atoms with van der Waals surface area (Å²) in [6, 6.07) is 22.0. The van der Waals surface area contributed by atoms with Crippen LogP contribution in [0.1, 0.15) is 20.7 Å². The smallest absolute Gasteiger partial charge is 0.271 e. The van der Waals surface area contributed by atoms with Gasteiger partial charge < -0.3 is 10.4 Å². The summed E-state index contributed by atoms with van der Waals surface area (Å²) >= 11 is 0. The summed E-state index contributed by atoms with van der Waals surface area (Å²) in [6.07, 6.45) is 0. The third kappa shape index (κ3) is 3.99. The molecule has 2 amide bonds. The van der Waals surface area contributed by atoms with Crippen LogP contribution in [-0.2, 0) is 0 Å². The Morgan fingerprint density at radius 2 is 1.31 bits per heavy atom. The number of rotatable bonds is 5. The number of phenolic OH excluding ortho intramolecular Hbond substituents is 1. The normalized spacial score (nSPS) is 10.0. The minimum atomic E-state index is -0.501. The maximum Gasteiger partial charge on any atom is 0.271 e. The predicted molar refractivity (Wildman–Crippen MR) is 100 cm³/mol. The van der Waals surface area contributed by atoms with Gasteiger partial charge in [0, 0.05) is 0 Å². The van der Waals surface area contributed by atoms with Crippen molar-refractivity contribution in [2.24, 2.45) is 0 Å². The van der Waals surface area contributed by atoms with E-state index in [1.54, 1.807) is 36.4 Å². The van der Waals surface area contributed by atoms with Crippen LogP contribution in [0.3, 0.4) is 0 Å². The number of para-hydroxylation sites is 3. The van der Waals surface area contributed by atoms with E-state index in [0.717, 1.165) is 5.69 Å². The quantitative estimate of drug-likeness (QED) is 0.533. The average molecular weight is 347 g/mol. The number of hydrazine groups is 1. The molecule has 0 aliphatic rings. The monoisotopic (exact) mass is 347 g/mol. The zero-order valence-electron chi connectivity index (χ0n) is 13.8. The molecule has 6 heteroatoms. The second-order valence-corrected chi connectivity index (χ2v) is 5.46. The van der Waals surface area contributed by atoms with Crippen molar-refractivity contribution in [3.05, 3.63) is 90.0 Å². The summed E-state index contributed by atoms with van der Waals surface area (Å²) in [4.78, 5) is 24.8. The number of carbonyl (C=O) groups is 2. The van der Waals surface area contributed by atoms with Gasteiger partial charge in [0.2, 0.25) is 0 Å². The van der Waals surface area contributed by atoms with Crippen molar-refractivity contribution in [3.63, 3.8) is 0 Å². The van der Waals surface area contributed by atoms with Crippen LogP contribution < -0.4 is 16.2 Å². The highest BCUT2D eigenvalue weighted by atomic mass is 16.3. The molecule has 26 heavy (non-hydrogen) atoms. The van der Waals surface area contributed by atoms with Crippen molar-refractivity contribution in [1.29, 1.82) is 0 Å². The molecule has 0 aliphatic heterocycles. The van der Waals surface area contributed by atoms with Crippen LogP contribution in [-0.4, -0.2) is 16.9 Å². The van der Waals surface area contributed by atoms with Crippen LogP contribution in [0.4, 0.5) is 11.4 Å². The number of hydrogen-bond donors (Lipinski definition) is 4. The van der Waals surface area contributed by atoms with E-state index in [1.165, 1.54) is 12.1 Å². The van der Waals surface area contributed by atoms with Gasteiger partial charge in [-0.05, 0) is 36.4 Å². The van der Waals surface area contributed by atoms with Crippen LogP contribution in [0.25, 0.3) is 0 Å². The summed E-state index contributed by atoms with van der Waals surface area (Å²) in [6.45, 7) is 0. The third-order valence-electron chi connectivity index (χ3n) is 3.66. The van der Waals surface area contributed by atoms with E-state index < -0.39 is 11.8 Å². The first kappa shape index (κ1) is 17.0. The van der Waals surface area contributed by atoms with Gasteiger partial charge in [0.25, 0.3) is 11.8 Å². The van der Waals surface area contributed by atoms with E-state index in [-0.39, 0.29) is 11.3 Å². The van der Waals surface area contributed by atoms with Crippen LogP contribution in [0, 0.1) is 0 Å². The lowest BCUT2D eigenvalue weighted by Gasteiger charge is -2.13. The van der Waals surface area contributed by atoms with Crippen LogP contribution >= 0.6 is 0 Å². The molecule has 0 atom stereocenters. The first-order chi connectivity index (χ1) is 12.6. The molecule has 0 radical (unpaired) electrons. The molecule has 0 bridgehead atoms. The molecular weight excluding hydrogens is 330 g/mol. The Bertz CT molecular complexity index is 926. The number of amides is 2. The first-order valence-corrected chi connectivity index (χ1v) is 7.95. The minimum Gasteiger partial charge on any atom is -0.507 e. The molecule has 0 saturated heterocycles. The molecule has 0 fully saturated rings. The fourth-order valence-electron chi connectivity index (χ4n) is 2.36. The predicted octanol–water partition coefficient (Wildman–Crippen LogP) is 3.40. The Morgan fingerprint density at radius 3 is 2.04 bits per heavy atom. The second-order valence-electron chi connectivity index (χ2n) is 5.46. The second kappa shape index (κ2) is 7.85. The molecule has 3 rings (SSSR count). The van der Waals surface area contributed by atoms with Crippen LogP contribution in [0.15, 0.2) is 78.9 Å². The fourth-order valence-corrected chi connectivity index (χ4v) is 2.36. The topological polar surface area (TPSA) is 90.5 Å². The number of benzene rings is 3. The summed E-state index contributed by atoms with van der Waals surface area (Å²) in [7, 11) is 0. The zero-order chi connectivity index (χ0) is 18.4. The lowest BCUT2D eigenvalue weighted by Crippen LogP contribution is -2.30. The molecule has 3 aromatic rings. The summed E-state index contributed by atoms with van der Waals surface area (Å²) in [5.41, 5.74) is 6.90. The van der Waals surface area contributed by atoms with Crippen LogP contribution in [0.5, 0.6) is 5.75 Å². The van der Waals surface area contributed by atoms with E-state index in [0.29, 0.717) is 11.3 Å². The van der Waals surface area contributed by atoms with Crippen molar-refractivity contribution in [3.8, 4) is 5.75 Å². The average Bonchev–Trinajstić information content (AvgIpc) is 2.67. The number of carbonyl (C=O) groups excluding carboxylic acids is 2. The van der Waals surface area contributed by atoms with Gasteiger partial charge >= 0.3 is 0 Å². The highest BCUT2D eigenvalue weighted by Crippen LogP contribution is 2.20. The number of aromatic hydroxyl groups is 1. The lowest BCUT2D eigenvalue weighted by molar-refractivity contribution is 0.0963. The van der Waals surface area contributed by atoms with E-state index in [4.69, 9.17) is 0 Å². The van der Waals surface area contributed by atoms with Gasteiger partial charge in [-0.15, -0.1) is 0 Å². The van der Waals surface area contributed by atoms with Gasteiger partial charge in [0.05, 0.1) is 22.5 Å². The van der Waals surface area contributed by atoms with Gasteiger partial charge in [-0.1, -0.05) is 42.5 Å². The molecule has 0 heterocycles. The van der Waals surface area contributed by atoms with Gasteiger partial charge in [0.15, 0.2) is 0 Å². The lowest BCUT2D eigenvalue weighted by atomic mass is 10.1. The molecule has 0 unspecified atom stereocenters. The van der Waals surface area contributed by atoms with Gasteiger partial charge in [-0.2, -0.15) is 0 Å². The van der Waals surface area contributed by atoms with Gasteiger partial charge in [0.1, 0.15) is 5.75 Å². The maximum absolute atomic E-state index is 12.4. The molecule has 6 nitrogen and oxygen atoms in total. The van der Waals surface area contributed by atoms with E-state index in [9.17, 15) is 14.7 Å². The molecule has 4 N–H and O–H groups in total. The first-order valence-electron chi connectivity index (χ1n) is 7.95. The largest absolute Gasteiger partial charge is 0.507 e. The highest BCUT2D eigenvalue weighted by Gasteiger charge is 2.15. The molecule has 0 spiro atoms. The Hall–Kier alpha value is -3.80. The summed E-state index contributed by atoms with van der Waals surface area (Å²) < 4.78 is 0. The minimum absolute atomic E-state index is 0.127. The Morgan fingerprint density at radius 1 is 0.692 bits per heavy atom. The fraction of sp³-hybridized carbons (Fsp3) is 0. The van der Waals surface area contributed by atoms with Crippen molar-refractivity contribution in [2.75, 3.05) is 10.7 Å². The Labute approximate surface area is 150 Å². The molecule has 0 aliphatic carbocycles. The molecule has 130 valence electrons. The van der Waals surface area contributed by atoms with Gasteiger partial charge in [-0.25, -0.2) is 0 Å². The van der Waals surface area contributed by atoms with Crippen molar-refractivity contribution in [1.82, 2.24) is 5.43 Å². The number of phenols is 1. The van der Waals surface area contributed by atoms with Crippen molar-refractivity contribution < 1.29 is 14.7 Å². The third-order valence-corrected chi connectivity index (χ3v) is 3.66. The van der Waals surface area contributed by atoms with E-state index in [2.05, 4.69) is 16.2 Å². The van der Waals surface area contributed by atoms with E-state index >= 15 is 0 Å². The maximum atomic E-state index is 12.4. The molecule has 0 aromatic heterocycles. The molecular formula is C20H17N3O3. The SMILES string of the molecule is O=C(Nc1ccccc1C(=O)NNc1ccccc1)c1ccccc1O. The number of hydrogen-bond acceptors (Lipinski definition) is 4. The molecule has 3 aromatic carbocycles. The Kier molecular flexibility index (Phi) is 5.14. The Balaban J connectivity index is 1.74. The van der Waals surface area contributed by atoms with Gasteiger partial charge in [-0.3, -0.25) is 20.4 Å². The van der Waals surface area contributed by atoms with Crippen molar-refractivity contribution >= 4 is 23.2 Å².